The first kappa shape index (κ1) is 22.5. The minimum absolute atomic E-state index is 0. The van der Waals surface area contributed by atoms with Gasteiger partial charge in [0.2, 0.25) is 0 Å². The Morgan fingerprint density at radius 1 is 0.529 bits per heavy atom. The fourth-order valence-electron chi connectivity index (χ4n) is 0.385. The van der Waals surface area contributed by atoms with E-state index >= 15 is 0 Å². The topological polar surface area (TPSA) is 31.5 Å². The molecule has 0 radical (unpaired) electrons. The van der Waals surface area contributed by atoms with Crippen LogP contribution in [0.1, 0.15) is 0 Å². The van der Waals surface area contributed by atoms with E-state index in [-0.39, 0.29) is 5.48 Å². The van der Waals surface area contributed by atoms with Gasteiger partial charge in [0.15, 0.2) is 0 Å². The Hall–Kier alpha value is 0.320. The van der Waals surface area contributed by atoms with E-state index in [2.05, 4.69) is 26.3 Å². The highest BCUT2D eigenvalue weighted by molar-refractivity contribution is 8.77. The van der Waals surface area contributed by atoms with Crippen molar-refractivity contribution in [3.63, 3.8) is 0 Å². The van der Waals surface area contributed by atoms with Crippen LogP contribution in [0.15, 0.2) is 50.6 Å². The van der Waals surface area contributed by atoms with Crippen molar-refractivity contribution in [1.29, 1.82) is 0 Å². The molecule has 100 valence electrons. The molecule has 1 nitrogen and oxygen atoms in total. The van der Waals surface area contributed by atoms with E-state index in [9.17, 15) is 0 Å². The Kier molecular flexibility index (Phi) is 33.4. The van der Waals surface area contributed by atoms with Gasteiger partial charge in [0.25, 0.3) is 0 Å². The van der Waals surface area contributed by atoms with Crippen LogP contribution >= 0.6 is 43.2 Å². The third-order valence-electron chi connectivity index (χ3n) is 0.910. The standard InChI is InChI=1S/2C6H10S2.H2O/c2*1-3-5-7-8-6-4-2;/h2*3-4H,1-2,5-6H2;1H2. The Labute approximate surface area is 122 Å². The van der Waals surface area contributed by atoms with Gasteiger partial charge < -0.3 is 5.48 Å². The fraction of sp³-hybridized carbons (Fsp3) is 0.333. The minimum atomic E-state index is 0. The molecule has 0 saturated carbocycles. The lowest BCUT2D eigenvalue weighted by molar-refractivity contribution is 0.824. The second-order valence-electron chi connectivity index (χ2n) is 2.29. The monoisotopic (exact) mass is 310 g/mol. The lowest BCUT2D eigenvalue weighted by Gasteiger charge is -1.89. The van der Waals surface area contributed by atoms with Crippen LogP contribution in [-0.2, 0) is 0 Å². The molecule has 0 saturated heterocycles. The van der Waals surface area contributed by atoms with Crippen molar-refractivity contribution in [2.24, 2.45) is 0 Å². The summed E-state index contributed by atoms with van der Waals surface area (Å²) >= 11 is 0. The van der Waals surface area contributed by atoms with E-state index in [1.807, 2.05) is 24.3 Å². The lowest BCUT2D eigenvalue weighted by atomic mass is 10.8. The first-order valence-corrected chi connectivity index (χ1v) is 9.73. The van der Waals surface area contributed by atoms with Crippen molar-refractivity contribution in [2.75, 3.05) is 23.0 Å². The van der Waals surface area contributed by atoms with E-state index in [1.165, 1.54) is 0 Å². The maximum atomic E-state index is 3.60. The average molecular weight is 311 g/mol. The molecular formula is C12H22OS4. The number of rotatable bonds is 10. The van der Waals surface area contributed by atoms with Crippen LogP contribution in [0.3, 0.4) is 0 Å². The minimum Gasteiger partial charge on any atom is -0.412 e. The SMILES string of the molecule is C=CCSSCC=C.C=CCSSCC=C.O. The predicted molar refractivity (Wildman–Crippen MR) is 94.2 cm³/mol. The molecule has 5 heteroatoms. The van der Waals surface area contributed by atoms with Gasteiger partial charge in [-0.25, -0.2) is 0 Å². The predicted octanol–water partition coefficient (Wildman–Crippen LogP) is 4.65. The van der Waals surface area contributed by atoms with Crippen LogP contribution in [0.5, 0.6) is 0 Å². The van der Waals surface area contributed by atoms with E-state index < -0.39 is 0 Å². The van der Waals surface area contributed by atoms with Gasteiger partial charge in [-0.15, -0.1) is 26.3 Å². The van der Waals surface area contributed by atoms with Gasteiger partial charge in [-0.05, 0) is 0 Å². The third-order valence-corrected chi connectivity index (χ3v) is 5.36. The highest BCUT2D eigenvalue weighted by Crippen LogP contribution is 2.20. The summed E-state index contributed by atoms with van der Waals surface area (Å²) in [6.45, 7) is 14.4. The Morgan fingerprint density at radius 2 is 0.706 bits per heavy atom. The van der Waals surface area contributed by atoms with Crippen LogP contribution in [0.4, 0.5) is 0 Å². The van der Waals surface area contributed by atoms with E-state index in [1.54, 1.807) is 43.2 Å². The summed E-state index contributed by atoms with van der Waals surface area (Å²) in [6.07, 6.45) is 7.61. The summed E-state index contributed by atoms with van der Waals surface area (Å²) in [7, 11) is 7.22. The van der Waals surface area contributed by atoms with Crippen LogP contribution in [0.2, 0.25) is 0 Å². The van der Waals surface area contributed by atoms with E-state index in [0.717, 1.165) is 23.0 Å². The summed E-state index contributed by atoms with van der Waals surface area (Å²) in [6, 6.07) is 0. The molecule has 0 spiro atoms. The van der Waals surface area contributed by atoms with Crippen molar-refractivity contribution < 1.29 is 5.48 Å². The van der Waals surface area contributed by atoms with E-state index in [0.29, 0.717) is 0 Å². The average Bonchev–Trinajstić information content (AvgIpc) is 2.31. The van der Waals surface area contributed by atoms with Crippen molar-refractivity contribution in [1.82, 2.24) is 0 Å². The summed E-state index contributed by atoms with van der Waals surface area (Å²) in [5.74, 6) is 4.11. The fourth-order valence-corrected chi connectivity index (χ4v) is 3.46. The Bertz CT molecular complexity index is 143. The van der Waals surface area contributed by atoms with Gasteiger partial charge in [-0.3, -0.25) is 0 Å². The zero-order valence-corrected chi connectivity index (χ0v) is 13.4. The van der Waals surface area contributed by atoms with E-state index in [4.69, 9.17) is 0 Å². The zero-order chi connectivity index (χ0) is 12.5. The lowest BCUT2D eigenvalue weighted by Crippen LogP contribution is -1.64. The third kappa shape index (κ3) is 31.4. The molecule has 0 atom stereocenters. The van der Waals surface area contributed by atoms with Gasteiger partial charge in [0, 0.05) is 23.0 Å². The van der Waals surface area contributed by atoms with Crippen LogP contribution in [-0.4, -0.2) is 28.5 Å². The van der Waals surface area contributed by atoms with Crippen molar-refractivity contribution in [2.45, 2.75) is 0 Å². The van der Waals surface area contributed by atoms with Gasteiger partial charge in [-0.2, -0.15) is 0 Å². The van der Waals surface area contributed by atoms with Gasteiger partial charge >= 0.3 is 0 Å². The highest BCUT2D eigenvalue weighted by Gasteiger charge is 1.80. The maximum absolute atomic E-state index is 3.60. The normalized spacial score (nSPS) is 8.00. The second kappa shape index (κ2) is 25.2. The molecule has 0 aromatic carbocycles. The number of hydrogen-bond donors (Lipinski definition) is 0. The zero-order valence-electron chi connectivity index (χ0n) is 10.1. The molecule has 17 heavy (non-hydrogen) atoms. The highest BCUT2D eigenvalue weighted by atomic mass is 33.1. The molecule has 0 aromatic rings. The second-order valence-corrected chi connectivity index (χ2v) is 7.40. The van der Waals surface area contributed by atoms with Crippen LogP contribution < -0.4 is 0 Å². The molecular weight excluding hydrogens is 288 g/mol. The molecule has 0 amide bonds. The van der Waals surface area contributed by atoms with Gasteiger partial charge in [-0.1, -0.05) is 67.5 Å². The molecule has 0 bridgehead atoms. The number of hydrogen-bond acceptors (Lipinski definition) is 4. The van der Waals surface area contributed by atoms with Crippen LogP contribution in [0.25, 0.3) is 0 Å². The summed E-state index contributed by atoms with van der Waals surface area (Å²) in [4.78, 5) is 0. The van der Waals surface area contributed by atoms with Crippen molar-refractivity contribution >= 4 is 43.2 Å². The largest absolute Gasteiger partial charge is 0.412 e. The Morgan fingerprint density at radius 3 is 0.824 bits per heavy atom. The summed E-state index contributed by atoms with van der Waals surface area (Å²) in [5.41, 5.74) is 0. The molecule has 0 unspecified atom stereocenters. The maximum Gasteiger partial charge on any atom is 0.0215 e. The molecule has 0 aromatic heterocycles. The molecule has 0 fully saturated rings. The quantitative estimate of drug-likeness (QED) is 0.334. The molecule has 0 aliphatic carbocycles. The molecule has 0 aliphatic heterocycles. The smallest absolute Gasteiger partial charge is 0.0215 e. The molecule has 0 heterocycles. The van der Waals surface area contributed by atoms with Crippen LogP contribution in [0, 0.1) is 0 Å². The molecule has 0 aliphatic rings. The summed E-state index contributed by atoms with van der Waals surface area (Å²) in [5, 5.41) is 0. The molecule has 0 rings (SSSR count). The van der Waals surface area contributed by atoms with Crippen molar-refractivity contribution in [3.8, 4) is 0 Å². The van der Waals surface area contributed by atoms with Gasteiger partial charge in [0.05, 0.1) is 0 Å². The Balaban J connectivity index is -0.000000218. The molecule has 2 N–H and O–H groups in total. The first-order chi connectivity index (χ1) is 7.83. The first-order valence-electron chi connectivity index (χ1n) is 4.75. The van der Waals surface area contributed by atoms with Gasteiger partial charge in [0.1, 0.15) is 0 Å². The van der Waals surface area contributed by atoms with Crippen molar-refractivity contribution in [3.05, 3.63) is 50.6 Å². The summed E-state index contributed by atoms with van der Waals surface area (Å²) < 4.78 is 0.